The molecule has 2 aromatic carbocycles. The molecule has 4 aromatic rings. The standard InChI is InChI=1S/C23H23N3O5S/c1-3-29-19-10-12-21(13-11-19)32(27,28)26(15-20-5-4-14-30-20)16-22-24-25-23(31-22)18-8-6-17(2)7-9-18/h4-14H,3,15-16H2,1-2H3. The van der Waals surface area contributed by atoms with Crippen molar-refractivity contribution in [1.29, 1.82) is 0 Å². The van der Waals surface area contributed by atoms with E-state index in [0.717, 1.165) is 11.1 Å². The number of nitrogens with zero attached hydrogens (tertiary/aromatic N) is 3. The highest BCUT2D eigenvalue weighted by Gasteiger charge is 2.28. The van der Waals surface area contributed by atoms with Gasteiger partial charge in [0.25, 0.3) is 0 Å². The molecule has 0 saturated carbocycles. The fourth-order valence-electron chi connectivity index (χ4n) is 3.11. The van der Waals surface area contributed by atoms with E-state index in [1.807, 2.05) is 38.1 Å². The molecule has 8 nitrogen and oxygen atoms in total. The number of aromatic nitrogens is 2. The number of hydrogen-bond acceptors (Lipinski definition) is 7. The van der Waals surface area contributed by atoms with Gasteiger partial charge in [-0.15, -0.1) is 10.2 Å². The average molecular weight is 454 g/mol. The first-order valence-electron chi connectivity index (χ1n) is 10.1. The second-order valence-electron chi connectivity index (χ2n) is 7.12. The first-order valence-corrected chi connectivity index (χ1v) is 11.5. The summed E-state index contributed by atoms with van der Waals surface area (Å²) in [5.74, 6) is 1.61. The molecule has 166 valence electrons. The molecule has 0 saturated heterocycles. The molecule has 0 unspecified atom stereocenters. The molecule has 0 atom stereocenters. The second-order valence-corrected chi connectivity index (χ2v) is 9.06. The molecule has 9 heteroatoms. The van der Waals surface area contributed by atoms with E-state index < -0.39 is 10.0 Å². The second kappa shape index (κ2) is 9.37. The number of ether oxygens (including phenoxy) is 1. The lowest BCUT2D eigenvalue weighted by Crippen LogP contribution is -2.30. The Morgan fingerprint density at radius 2 is 1.72 bits per heavy atom. The van der Waals surface area contributed by atoms with Crippen LogP contribution in [0.4, 0.5) is 0 Å². The molecule has 0 bridgehead atoms. The van der Waals surface area contributed by atoms with E-state index in [4.69, 9.17) is 13.6 Å². The zero-order valence-corrected chi connectivity index (χ0v) is 18.6. The van der Waals surface area contributed by atoms with Gasteiger partial charge in [-0.2, -0.15) is 4.31 Å². The number of aryl methyl sites for hydroxylation is 1. The monoisotopic (exact) mass is 453 g/mol. The number of furan rings is 1. The number of sulfonamides is 1. The molecule has 0 spiro atoms. The molecule has 0 fully saturated rings. The number of hydrogen-bond donors (Lipinski definition) is 0. The Hall–Kier alpha value is -3.43. The summed E-state index contributed by atoms with van der Waals surface area (Å²) in [5, 5.41) is 8.13. The minimum Gasteiger partial charge on any atom is -0.494 e. The first-order chi connectivity index (χ1) is 15.5. The van der Waals surface area contributed by atoms with Gasteiger partial charge in [0.1, 0.15) is 11.5 Å². The van der Waals surface area contributed by atoms with Gasteiger partial charge in [0.15, 0.2) is 0 Å². The third-order valence-electron chi connectivity index (χ3n) is 4.76. The molecular weight excluding hydrogens is 430 g/mol. The van der Waals surface area contributed by atoms with E-state index in [2.05, 4.69) is 10.2 Å². The first kappa shape index (κ1) is 21.8. The Balaban J connectivity index is 1.61. The van der Waals surface area contributed by atoms with E-state index in [1.165, 1.54) is 22.7 Å². The summed E-state index contributed by atoms with van der Waals surface area (Å²) in [4.78, 5) is 0.130. The zero-order chi connectivity index (χ0) is 22.6. The third kappa shape index (κ3) is 4.90. The molecule has 0 aliphatic rings. The van der Waals surface area contributed by atoms with Crippen molar-refractivity contribution in [2.24, 2.45) is 0 Å². The molecule has 4 rings (SSSR count). The van der Waals surface area contributed by atoms with Crippen molar-refractivity contribution >= 4 is 10.0 Å². The predicted octanol–water partition coefficient (Wildman–Crippen LogP) is 4.43. The highest BCUT2D eigenvalue weighted by molar-refractivity contribution is 7.89. The van der Waals surface area contributed by atoms with Crippen LogP contribution in [0.5, 0.6) is 5.75 Å². The number of benzene rings is 2. The van der Waals surface area contributed by atoms with Crippen LogP contribution in [-0.2, 0) is 23.1 Å². The Labute approximate surface area is 186 Å². The Kier molecular flexibility index (Phi) is 6.38. The molecule has 0 aliphatic heterocycles. The van der Waals surface area contributed by atoms with Gasteiger partial charge in [-0.25, -0.2) is 8.42 Å². The van der Waals surface area contributed by atoms with Crippen molar-refractivity contribution in [3.8, 4) is 17.2 Å². The average Bonchev–Trinajstić information content (AvgIpc) is 3.47. The quantitative estimate of drug-likeness (QED) is 0.370. The van der Waals surface area contributed by atoms with Gasteiger partial charge >= 0.3 is 0 Å². The third-order valence-corrected chi connectivity index (χ3v) is 6.57. The molecule has 0 N–H and O–H groups in total. The van der Waals surface area contributed by atoms with Gasteiger partial charge in [0, 0.05) is 5.56 Å². The van der Waals surface area contributed by atoms with Crippen LogP contribution in [0, 0.1) is 6.92 Å². The summed E-state index contributed by atoms with van der Waals surface area (Å²) >= 11 is 0. The fraction of sp³-hybridized carbons (Fsp3) is 0.217. The molecule has 0 amide bonds. The van der Waals surface area contributed by atoms with Crippen molar-refractivity contribution in [3.05, 3.63) is 84.1 Å². The van der Waals surface area contributed by atoms with E-state index in [0.29, 0.717) is 24.0 Å². The predicted molar refractivity (Wildman–Crippen MR) is 117 cm³/mol. The Bertz CT molecular complexity index is 1250. The summed E-state index contributed by atoms with van der Waals surface area (Å²) in [5.41, 5.74) is 1.88. The van der Waals surface area contributed by atoms with E-state index in [-0.39, 0.29) is 23.9 Å². The van der Waals surface area contributed by atoms with Crippen LogP contribution in [0.15, 0.2) is 80.7 Å². The van der Waals surface area contributed by atoms with Gasteiger partial charge in [0.05, 0.1) is 30.9 Å². The molecule has 0 aliphatic carbocycles. The molecule has 2 heterocycles. The van der Waals surface area contributed by atoms with Crippen LogP contribution in [-0.4, -0.2) is 29.5 Å². The van der Waals surface area contributed by atoms with Crippen LogP contribution < -0.4 is 4.74 Å². The van der Waals surface area contributed by atoms with Gasteiger partial charge in [-0.3, -0.25) is 0 Å². The molecule has 2 aromatic heterocycles. The van der Waals surface area contributed by atoms with E-state index in [9.17, 15) is 8.42 Å². The van der Waals surface area contributed by atoms with Crippen molar-refractivity contribution in [2.75, 3.05) is 6.61 Å². The highest BCUT2D eigenvalue weighted by Crippen LogP contribution is 2.25. The minimum atomic E-state index is -3.88. The van der Waals surface area contributed by atoms with Gasteiger partial charge in [0.2, 0.25) is 21.8 Å². The van der Waals surface area contributed by atoms with E-state index in [1.54, 1.807) is 24.3 Å². The summed E-state index contributed by atoms with van der Waals surface area (Å²) in [6.45, 7) is 4.27. The fourth-order valence-corrected chi connectivity index (χ4v) is 4.46. The molecule has 32 heavy (non-hydrogen) atoms. The lowest BCUT2D eigenvalue weighted by atomic mass is 10.1. The van der Waals surface area contributed by atoms with Crippen LogP contribution >= 0.6 is 0 Å². The zero-order valence-electron chi connectivity index (χ0n) is 17.8. The Morgan fingerprint density at radius 3 is 2.38 bits per heavy atom. The van der Waals surface area contributed by atoms with Crippen LogP contribution in [0.25, 0.3) is 11.5 Å². The highest BCUT2D eigenvalue weighted by atomic mass is 32.2. The van der Waals surface area contributed by atoms with Crippen LogP contribution in [0.2, 0.25) is 0 Å². The Morgan fingerprint density at radius 1 is 0.969 bits per heavy atom. The lowest BCUT2D eigenvalue weighted by Gasteiger charge is -2.19. The summed E-state index contributed by atoms with van der Waals surface area (Å²) in [6.07, 6.45) is 1.50. The number of rotatable bonds is 9. The van der Waals surface area contributed by atoms with Gasteiger partial charge in [-0.05, 0) is 62.4 Å². The lowest BCUT2D eigenvalue weighted by molar-refractivity contribution is 0.325. The summed E-state index contributed by atoms with van der Waals surface area (Å²) in [7, 11) is -3.88. The normalized spacial score (nSPS) is 11.7. The van der Waals surface area contributed by atoms with Crippen LogP contribution in [0.3, 0.4) is 0 Å². The summed E-state index contributed by atoms with van der Waals surface area (Å²) in [6, 6.07) is 17.4. The maximum atomic E-state index is 13.4. The van der Waals surface area contributed by atoms with Gasteiger partial charge in [-0.1, -0.05) is 17.7 Å². The van der Waals surface area contributed by atoms with Gasteiger partial charge < -0.3 is 13.6 Å². The van der Waals surface area contributed by atoms with Crippen molar-refractivity contribution < 1.29 is 22.0 Å². The maximum Gasteiger partial charge on any atom is 0.247 e. The largest absolute Gasteiger partial charge is 0.494 e. The van der Waals surface area contributed by atoms with Crippen molar-refractivity contribution in [1.82, 2.24) is 14.5 Å². The minimum absolute atomic E-state index is 0.0186. The topological polar surface area (TPSA) is 98.7 Å². The smallest absolute Gasteiger partial charge is 0.247 e. The van der Waals surface area contributed by atoms with Crippen molar-refractivity contribution in [2.45, 2.75) is 31.8 Å². The van der Waals surface area contributed by atoms with E-state index >= 15 is 0 Å². The summed E-state index contributed by atoms with van der Waals surface area (Å²) < 4.78 is 44.6. The van der Waals surface area contributed by atoms with Crippen molar-refractivity contribution in [3.63, 3.8) is 0 Å². The SMILES string of the molecule is CCOc1ccc(S(=O)(=O)N(Cc2ccco2)Cc2nnc(-c3ccc(C)cc3)o2)cc1. The maximum absolute atomic E-state index is 13.4. The van der Waals surface area contributed by atoms with Crippen LogP contribution in [0.1, 0.15) is 24.1 Å². The molecule has 0 radical (unpaired) electrons. The molecular formula is C23H23N3O5S.